The van der Waals surface area contributed by atoms with Crippen LogP contribution < -0.4 is 10.2 Å². The molecule has 1 aliphatic heterocycles. The van der Waals surface area contributed by atoms with Crippen molar-refractivity contribution < 1.29 is 19.1 Å². The normalized spacial score (nSPS) is 20.8. The molecule has 2 atom stereocenters. The third-order valence-electron chi connectivity index (χ3n) is 3.41. The quantitative estimate of drug-likeness (QED) is 0.814. The number of anilines is 1. The number of hydrogen-bond acceptors (Lipinski definition) is 4. The number of aliphatic hydroxyl groups excluding tert-OH is 1. The molecule has 2 amide bonds. The van der Waals surface area contributed by atoms with Crippen molar-refractivity contribution in [2.24, 2.45) is 0 Å². The van der Waals surface area contributed by atoms with Crippen molar-refractivity contribution in [1.29, 1.82) is 0 Å². The van der Waals surface area contributed by atoms with E-state index in [0.29, 0.717) is 12.0 Å². The van der Waals surface area contributed by atoms with E-state index in [2.05, 4.69) is 5.32 Å². The summed E-state index contributed by atoms with van der Waals surface area (Å²) in [6, 6.07) is 3.74. The number of nitrogens with one attached hydrogen (secondary N) is 1. The number of carbonyl (C=O) groups is 2. The van der Waals surface area contributed by atoms with Gasteiger partial charge in [-0.25, -0.2) is 4.39 Å². The average Bonchev–Trinajstić information content (AvgIpc) is 2.37. The molecule has 0 aliphatic carbocycles. The Labute approximate surface area is 116 Å². The Hall–Kier alpha value is -1.95. The molecule has 0 bridgehead atoms. The van der Waals surface area contributed by atoms with Gasteiger partial charge >= 0.3 is 0 Å². The third kappa shape index (κ3) is 2.65. The van der Waals surface area contributed by atoms with Gasteiger partial charge in [0.05, 0.1) is 18.3 Å². The average molecular weight is 280 g/mol. The second-order valence-electron chi connectivity index (χ2n) is 4.85. The van der Waals surface area contributed by atoms with E-state index in [0.717, 1.165) is 0 Å². The molecule has 2 rings (SSSR count). The molecular formula is C14H17FN2O3. The van der Waals surface area contributed by atoms with E-state index in [-0.39, 0.29) is 12.2 Å². The number of nitrogens with zero attached hydrogens (tertiary/aromatic N) is 1. The molecule has 0 spiro atoms. The number of halogens is 1. The van der Waals surface area contributed by atoms with Crippen LogP contribution in [0.2, 0.25) is 0 Å². The minimum atomic E-state index is -0.771. The molecular weight excluding hydrogens is 263 g/mol. The lowest BCUT2D eigenvalue weighted by Gasteiger charge is -2.35. The summed E-state index contributed by atoms with van der Waals surface area (Å²) in [6.45, 7) is 3.28. The number of imide groups is 1. The van der Waals surface area contributed by atoms with Crippen LogP contribution in [0.25, 0.3) is 0 Å². The Morgan fingerprint density at radius 2 is 2.20 bits per heavy atom. The first-order valence-electron chi connectivity index (χ1n) is 6.52. The molecule has 108 valence electrons. The number of rotatable bonds is 3. The number of benzene rings is 1. The Kier molecular flexibility index (Phi) is 4.04. The number of hydrogen-bond donors (Lipinski definition) is 2. The zero-order valence-electron chi connectivity index (χ0n) is 11.4. The van der Waals surface area contributed by atoms with Gasteiger partial charge in [-0.1, -0.05) is 13.0 Å². The molecule has 1 aromatic carbocycles. The van der Waals surface area contributed by atoms with Crippen LogP contribution in [0.3, 0.4) is 0 Å². The standard InChI is InChI=1S/C14H17FN2O3/c1-3-11-14(20)16-13(19)7-17(11)12-5-4-9(8(2)18)6-10(12)15/h4-6,8,11,18H,3,7H2,1-2H3,(H,16,19,20)/t8-,11?/m0/s1. The van der Waals surface area contributed by atoms with Gasteiger partial charge < -0.3 is 10.0 Å². The molecule has 1 heterocycles. The predicted molar refractivity (Wildman–Crippen MR) is 71.6 cm³/mol. The minimum Gasteiger partial charge on any atom is -0.389 e. The summed E-state index contributed by atoms with van der Waals surface area (Å²) < 4.78 is 14.2. The molecule has 0 aromatic heterocycles. The molecule has 6 heteroatoms. The van der Waals surface area contributed by atoms with Crippen LogP contribution in [-0.4, -0.2) is 29.5 Å². The monoisotopic (exact) mass is 280 g/mol. The van der Waals surface area contributed by atoms with Crippen molar-refractivity contribution in [3.05, 3.63) is 29.6 Å². The van der Waals surface area contributed by atoms with Crippen LogP contribution in [0.1, 0.15) is 31.9 Å². The molecule has 0 saturated carbocycles. The second-order valence-corrected chi connectivity index (χ2v) is 4.85. The van der Waals surface area contributed by atoms with Crippen LogP contribution in [0.5, 0.6) is 0 Å². The van der Waals surface area contributed by atoms with Crippen molar-refractivity contribution in [2.75, 3.05) is 11.4 Å². The fourth-order valence-corrected chi connectivity index (χ4v) is 2.34. The highest BCUT2D eigenvalue weighted by Gasteiger charge is 2.33. The summed E-state index contributed by atoms with van der Waals surface area (Å²) in [4.78, 5) is 24.7. The Balaban J connectivity index is 2.38. The van der Waals surface area contributed by atoms with E-state index in [1.807, 2.05) is 0 Å². The highest BCUT2D eigenvalue weighted by atomic mass is 19.1. The molecule has 1 aromatic rings. The summed E-state index contributed by atoms with van der Waals surface area (Å²) in [6.07, 6.45) is -0.303. The van der Waals surface area contributed by atoms with Gasteiger partial charge in [0.2, 0.25) is 11.8 Å². The zero-order valence-corrected chi connectivity index (χ0v) is 11.4. The molecule has 1 fully saturated rings. The maximum Gasteiger partial charge on any atom is 0.249 e. The second kappa shape index (κ2) is 5.58. The molecule has 1 aliphatic rings. The van der Waals surface area contributed by atoms with Gasteiger partial charge in [-0.3, -0.25) is 14.9 Å². The number of carbonyl (C=O) groups excluding carboxylic acids is 2. The Morgan fingerprint density at radius 3 is 2.75 bits per heavy atom. The van der Waals surface area contributed by atoms with Crippen molar-refractivity contribution in [3.63, 3.8) is 0 Å². The van der Waals surface area contributed by atoms with E-state index >= 15 is 0 Å². The first-order chi connectivity index (χ1) is 9.43. The topological polar surface area (TPSA) is 69.6 Å². The van der Waals surface area contributed by atoms with Crippen LogP contribution in [-0.2, 0) is 9.59 Å². The van der Waals surface area contributed by atoms with Crippen LogP contribution in [0.15, 0.2) is 18.2 Å². The molecule has 5 nitrogen and oxygen atoms in total. The molecule has 2 N–H and O–H groups in total. The lowest BCUT2D eigenvalue weighted by atomic mass is 10.1. The largest absolute Gasteiger partial charge is 0.389 e. The molecule has 1 saturated heterocycles. The van der Waals surface area contributed by atoms with Crippen molar-refractivity contribution >= 4 is 17.5 Å². The van der Waals surface area contributed by atoms with Crippen molar-refractivity contribution in [2.45, 2.75) is 32.4 Å². The number of piperazine rings is 1. The van der Waals surface area contributed by atoms with Crippen LogP contribution in [0.4, 0.5) is 10.1 Å². The zero-order chi connectivity index (χ0) is 14.9. The van der Waals surface area contributed by atoms with Crippen molar-refractivity contribution in [1.82, 2.24) is 5.32 Å². The summed E-state index contributed by atoms with van der Waals surface area (Å²) in [5.74, 6) is -1.41. The number of aliphatic hydroxyl groups is 1. The first-order valence-corrected chi connectivity index (χ1v) is 6.52. The summed E-state index contributed by atoms with van der Waals surface area (Å²) >= 11 is 0. The van der Waals surface area contributed by atoms with Gasteiger partial charge in [-0.2, -0.15) is 0 Å². The fraction of sp³-hybridized carbons (Fsp3) is 0.429. The van der Waals surface area contributed by atoms with E-state index in [1.165, 1.54) is 17.0 Å². The number of amides is 2. The van der Waals surface area contributed by atoms with Gasteiger partial charge in [0.25, 0.3) is 0 Å². The van der Waals surface area contributed by atoms with Gasteiger partial charge in [-0.15, -0.1) is 0 Å². The Morgan fingerprint density at radius 1 is 1.50 bits per heavy atom. The molecule has 1 unspecified atom stereocenters. The van der Waals surface area contributed by atoms with Crippen LogP contribution >= 0.6 is 0 Å². The Bertz CT molecular complexity index is 545. The van der Waals surface area contributed by atoms with E-state index < -0.39 is 29.8 Å². The SMILES string of the molecule is CCC1C(=O)NC(=O)CN1c1ccc([C@H](C)O)cc1F. The van der Waals surface area contributed by atoms with Gasteiger partial charge in [0.1, 0.15) is 11.9 Å². The maximum absolute atomic E-state index is 14.2. The first kappa shape index (κ1) is 14.5. The third-order valence-corrected chi connectivity index (χ3v) is 3.41. The van der Waals surface area contributed by atoms with E-state index in [4.69, 9.17) is 0 Å². The van der Waals surface area contributed by atoms with Crippen LogP contribution in [0, 0.1) is 5.82 Å². The summed E-state index contributed by atoms with van der Waals surface area (Å²) in [5, 5.41) is 11.7. The lowest BCUT2D eigenvalue weighted by Crippen LogP contribution is -2.58. The summed E-state index contributed by atoms with van der Waals surface area (Å²) in [5.41, 5.74) is 0.650. The van der Waals surface area contributed by atoms with E-state index in [9.17, 15) is 19.1 Å². The summed E-state index contributed by atoms with van der Waals surface area (Å²) in [7, 11) is 0. The highest BCUT2D eigenvalue weighted by Crippen LogP contribution is 2.26. The van der Waals surface area contributed by atoms with Crippen molar-refractivity contribution in [3.8, 4) is 0 Å². The molecule has 20 heavy (non-hydrogen) atoms. The van der Waals surface area contributed by atoms with Gasteiger partial charge in [-0.05, 0) is 31.0 Å². The smallest absolute Gasteiger partial charge is 0.249 e. The minimum absolute atomic E-state index is 0.0603. The lowest BCUT2D eigenvalue weighted by molar-refractivity contribution is -0.132. The van der Waals surface area contributed by atoms with Gasteiger partial charge in [0.15, 0.2) is 0 Å². The fourth-order valence-electron chi connectivity index (χ4n) is 2.34. The predicted octanol–water partition coefficient (Wildman–Crippen LogP) is 1.12. The van der Waals surface area contributed by atoms with Gasteiger partial charge in [0, 0.05) is 0 Å². The highest BCUT2D eigenvalue weighted by molar-refractivity contribution is 6.04. The molecule has 0 radical (unpaired) electrons. The van der Waals surface area contributed by atoms with E-state index in [1.54, 1.807) is 19.9 Å². The maximum atomic E-state index is 14.2.